The number of amides is 2. The van der Waals surface area contributed by atoms with Gasteiger partial charge in [0.05, 0.1) is 42.9 Å². The van der Waals surface area contributed by atoms with E-state index in [0.717, 1.165) is 81.7 Å². The molecule has 2 amide bonds. The topological polar surface area (TPSA) is 119 Å². The van der Waals surface area contributed by atoms with Crippen molar-refractivity contribution in [2.45, 2.75) is 59.0 Å². The van der Waals surface area contributed by atoms with Crippen LogP contribution in [-0.2, 0) is 16.1 Å². The number of hydrogen-bond acceptors (Lipinski definition) is 5. The van der Waals surface area contributed by atoms with Crippen molar-refractivity contribution < 1.29 is 9.59 Å². The highest BCUT2D eigenvalue weighted by Crippen LogP contribution is 2.45. The molecular weight excluding hydrogens is 586 g/mol. The zero-order chi connectivity index (χ0) is 33.0. The molecule has 4 N–H and O–H groups in total. The molecule has 0 radical (unpaired) electrons. The van der Waals surface area contributed by atoms with E-state index < -0.39 is 0 Å². The fourth-order valence-electron chi connectivity index (χ4n) is 6.51. The van der Waals surface area contributed by atoms with Gasteiger partial charge in [0.25, 0.3) is 0 Å². The first-order valence-electron chi connectivity index (χ1n) is 16.7. The number of nitrogens with one attached hydrogen (secondary N) is 4. The minimum absolute atomic E-state index is 0.00894. The molecule has 2 aromatic heterocycles. The van der Waals surface area contributed by atoms with Crippen molar-refractivity contribution in [1.82, 2.24) is 35.5 Å². The van der Waals surface area contributed by atoms with Gasteiger partial charge in [0.2, 0.25) is 12.3 Å². The van der Waals surface area contributed by atoms with Gasteiger partial charge in [-0.2, -0.15) is 0 Å². The standard InChI is InChI=1S/C38H45N7O2/c1-5-25(6-2)36(39-4)37-42-20-32(44-37)27-9-7-26(8-10-27)28-11-12-30-18-31(14-13-29(30)17-28)33-19-41-34(43-33)22-45(23-38(3)15-16-38)35(47)21-40-24-46/h7-14,17-20,24-25,36,39H,5-6,15-16,21-23H2,1-4H3,(H,40,46)(H,41,43)(H,42,44)/t36-/m0/s1. The van der Waals surface area contributed by atoms with Crippen LogP contribution < -0.4 is 10.6 Å². The Kier molecular flexibility index (Phi) is 9.54. The highest BCUT2D eigenvalue weighted by atomic mass is 16.2. The maximum Gasteiger partial charge on any atom is 0.242 e. The molecule has 1 aliphatic carbocycles. The summed E-state index contributed by atoms with van der Waals surface area (Å²) in [4.78, 5) is 41.6. The molecule has 0 unspecified atom stereocenters. The Morgan fingerprint density at radius 3 is 2.17 bits per heavy atom. The van der Waals surface area contributed by atoms with Gasteiger partial charge in [-0.1, -0.05) is 82.1 Å². The lowest BCUT2D eigenvalue weighted by Gasteiger charge is -2.25. The number of benzene rings is 3. The quantitative estimate of drug-likeness (QED) is 0.0942. The molecule has 0 aliphatic heterocycles. The summed E-state index contributed by atoms with van der Waals surface area (Å²) in [6.07, 6.45) is 8.74. The maximum absolute atomic E-state index is 12.8. The highest BCUT2D eigenvalue weighted by Gasteiger charge is 2.40. The summed E-state index contributed by atoms with van der Waals surface area (Å²) in [5.41, 5.74) is 6.55. The van der Waals surface area contributed by atoms with Crippen molar-refractivity contribution >= 4 is 23.1 Å². The summed E-state index contributed by atoms with van der Waals surface area (Å²) in [6, 6.07) is 21.8. The Balaban J connectivity index is 1.15. The zero-order valence-corrected chi connectivity index (χ0v) is 27.8. The number of hydrogen-bond donors (Lipinski definition) is 4. The summed E-state index contributed by atoms with van der Waals surface area (Å²) >= 11 is 0. The lowest BCUT2D eigenvalue weighted by Crippen LogP contribution is -2.40. The van der Waals surface area contributed by atoms with Crippen LogP contribution in [0, 0.1) is 11.3 Å². The van der Waals surface area contributed by atoms with Gasteiger partial charge in [-0.3, -0.25) is 9.59 Å². The molecule has 5 aromatic rings. The molecule has 9 nitrogen and oxygen atoms in total. The van der Waals surface area contributed by atoms with Gasteiger partial charge in [-0.05, 0) is 70.8 Å². The fraction of sp³-hybridized carbons (Fsp3) is 0.368. The third kappa shape index (κ3) is 7.30. The average molecular weight is 632 g/mol. The highest BCUT2D eigenvalue weighted by molar-refractivity contribution is 5.90. The molecule has 244 valence electrons. The Morgan fingerprint density at radius 1 is 0.894 bits per heavy atom. The number of carbonyl (C=O) groups excluding carboxylic acids is 2. The van der Waals surface area contributed by atoms with Crippen LogP contribution >= 0.6 is 0 Å². The summed E-state index contributed by atoms with van der Waals surface area (Å²) in [7, 11) is 2.01. The molecule has 3 aromatic carbocycles. The van der Waals surface area contributed by atoms with Crippen molar-refractivity contribution in [3.05, 3.63) is 84.7 Å². The zero-order valence-electron chi connectivity index (χ0n) is 27.8. The van der Waals surface area contributed by atoms with E-state index in [0.29, 0.717) is 25.4 Å². The number of imidazole rings is 2. The molecule has 1 atom stereocenters. The Bertz CT molecular complexity index is 1830. The molecule has 0 bridgehead atoms. The van der Waals surface area contributed by atoms with E-state index in [4.69, 9.17) is 4.98 Å². The Morgan fingerprint density at radius 2 is 1.51 bits per heavy atom. The van der Waals surface area contributed by atoms with Crippen molar-refractivity contribution in [3.8, 4) is 33.6 Å². The van der Waals surface area contributed by atoms with Gasteiger partial charge in [-0.25, -0.2) is 9.97 Å². The van der Waals surface area contributed by atoms with Crippen LogP contribution in [0.5, 0.6) is 0 Å². The average Bonchev–Trinajstić information content (AvgIpc) is 3.43. The molecular formula is C38H45N7O2. The maximum atomic E-state index is 12.8. The van der Waals surface area contributed by atoms with Crippen LogP contribution in [0.4, 0.5) is 0 Å². The van der Waals surface area contributed by atoms with Gasteiger partial charge in [0.15, 0.2) is 0 Å². The summed E-state index contributed by atoms with van der Waals surface area (Å²) in [5.74, 6) is 2.14. The molecule has 0 spiro atoms. The molecule has 6 rings (SSSR count). The molecule has 47 heavy (non-hydrogen) atoms. The van der Waals surface area contributed by atoms with Crippen LogP contribution in [0.2, 0.25) is 0 Å². The smallest absolute Gasteiger partial charge is 0.242 e. The van der Waals surface area contributed by atoms with Gasteiger partial charge in [0, 0.05) is 12.1 Å². The van der Waals surface area contributed by atoms with Crippen molar-refractivity contribution in [3.63, 3.8) is 0 Å². The minimum atomic E-state index is -0.107. The van der Waals surface area contributed by atoms with Crippen molar-refractivity contribution in [2.75, 3.05) is 20.1 Å². The van der Waals surface area contributed by atoms with Gasteiger partial charge in [0.1, 0.15) is 11.6 Å². The lowest BCUT2D eigenvalue weighted by atomic mass is 9.94. The van der Waals surface area contributed by atoms with Crippen LogP contribution in [0.1, 0.15) is 64.1 Å². The summed E-state index contributed by atoms with van der Waals surface area (Å²) < 4.78 is 0. The first-order valence-corrected chi connectivity index (χ1v) is 16.7. The molecule has 1 aliphatic rings. The first kappa shape index (κ1) is 32.2. The molecule has 2 heterocycles. The van der Waals surface area contributed by atoms with E-state index in [9.17, 15) is 9.59 Å². The second-order valence-corrected chi connectivity index (χ2v) is 13.2. The van der Waals surface area contributed by atoms with Crippen LogP contribution in [0.15, 0.2) is 73.1 Å². The van der Waals surface area contributed by atoms with Crippen LogP contribution in [0.3, 0.4) is 0 Å². The fourth-order valence-corrected chi connectivity index (χ4v) is 6.51. The Labute approximate surface area is 276 Å². The summed E-state index contributed by atoms with van der Waals surface area (Å²) in [5, 5.41) is 8.24. The van der Waals surface area contributed by atoms with Crippen molar-refractivity contribution in [1.29, 1.82) is 0 Å². The third-order valence-corrected chi connectivity index (χ3v) is 9.74. The summed E-state index contributed by atoms with van der Waals surface area (Å²) in [6.45, 7) is 7.68. The molecule has 1 saturated carbocycles. The van der Waals surface area contributed by atoms with E-state index in [-0.39, 0.29) is 23.9 Å². The number of H-pyrrole nitrogens is 2. The second-order valence-electron chi connectivity index (χ2n) is 13.2. The van der Waals surface area contributed by atoms with Gasteiger partial charge < -0.3 is 25.5 Å². The second kappa shape index (κ2) is 13.9. The van der Waals surface area contributed by atoms with Crippen molar-refractivity contribution in [2.24, 2.45) is 11.3 Å². The number of aromatic amines is 2. The normalized spacial score (nSPS) is 14.3. The van der Waals surface area contributed by atoms with Crippen LogP contribution in [0.25, 0.3) is 44.4 Å². The van der Waals surface area contributed by atoms with E-state index >= 15 is 0 Å². The SMILES string of the molecule is CCC(CC)[C@H](NC)c1ncc(-c2ccc(-c3ccc4cc(-c5cnc(CN(CC6(C)CC6)C(=O)CNC=O)[nH]5)ccc4c3)cc2)[nH]1. The molecule has 0 saturated heterocycles. The largest absolute Gasteiger partial charge is 0.350 e. The van der Waals surface area contributed by atoms with E-state index in [1.54, 1.807) is 4.90 Å². The first-order chi connectivity index (χ1) is 22.8. The van der Waals surface area contributed by atoms with E-state index in [1.165, 1.54) is 0 Å². The predicted octanol–water partition coefficient (Wildman–Crippen LogP) is 6.86. The lowest BCUT2D eigenvalue weighted by molar-refractivity contribution is -0.132. The number of fused-ring (bicyclic) bond motifs is 1. The number of aromatic nitrogens is 4. The minimum Gasteiger partial charge on any atom is -0.350 e. The number of rotatable bonds is 15. The van der Waals surface area contributed by atoms with E-state index in [2.05, 4.69) is 107 Å². The van der Waals surface area contributed by atoms with E-state index in [1.807, 2.05) is 19.4 Å². The van der Waals surface area contributed by atoms with Crippen LogP contribution in [-0.4, -0.2) is 57.3 Å². The third-order valence-electron chi connectivity index (χ3n) is 9.74. The molecule has 1 fully saturated rings. The molecule has 9 heteroatoms. The Hall–Kier alpha value is -4.76. The monoisotopic (exact) mass is 631 g/mol. The van der Waals surface area contributed by atoms with Gasteiger partial charge >= 0.3 is 0 Å². The number of carbonyl (C=O) groups is 2. The predicted molar refractivity (Wildman–Crippen MR) is 187 cm³/mol. The number of nitrogens with zero attached hydrogens (tertiary/aromatic N) is 3. The van der Waals surface area contributed by atoms with Gasteiger partial charge in [-0.15, -0.1) is 0 Å².